The molecule has 1 aromatic rings. The highest BCUT2D eigenvalue weighted by molar-refractivity contribution is 7.18. The number of nitrogen functional groups attached to an aromatic ring is 1. The maximum Gasteiger partial charge on any atom is 0.265 e. The van der Waals surface area contributed by atoms with Crippen LogP contribution in [0.4, 0.5) is 10.9 Å². The number of amides is 2. The third kappa shape index (κ3) is 3.83. The van der Waals surface area contributed by atoms with Gasteiger partial charge in [0.25, 0.3) is 5.91 Å². The van der Waals surface area contributed by atoms with Gasteiger partial charge in [-0.1, -0.05) is 11.3 Å². The van der Waals surface area contributed by atoms with Crippen LogP contribution < -0.4 is 16.0 Å². The van der Waals surface area contributed by atoms with E-state index in [2.05, 4.69) is 10.3 Å². The van der Waals surface area contributed by atoms with E-state index >= 15 is 0 Å². The van der Waals surface area contributed by atoms with Gasteiger partial charge in [0.15, 0.2) is 5.13 Å². The minimum atomic E-state index is -0.367. The Balaban J connectivity index is 2.69. The van der Waals surface area contributed by atoms with E-state index in [1.54, 1.807) is 7.05 Å². The highest BCUT2D eigenvalue weighted by Gasteiger charge is 2.18. The van der Waals surface area contributed by atoms with Crippen LogP contribution in [0.15, 0.2) is 0 Å². The number of likely N-dealkylation sites (N-methyl/N-ethyl adjacent to an activating group) is 1. The Hall–Kier alpha value is -1.83. The number of carbonyl (C=O) groups excluding carboxylic acids is 2. The Morgan fingerprint density at radius 1 is 1.30 bits per heavy atom. The van der Waals surface area contributed by atoms with Gasteiger partial charge < -0.3 is 20.9 Å². The van der Waals surface area contributed by atoms with E-state index in [9.17, 15) is 9.59 Å². The van der Waals surface area contributed by atoms with Crippen LogP contribution >= 0.6 is 11.3 Å². The lowest BCUT2D eigenvalue weighted by atomic mass is 10.4. The minimum Gasteiger partial charge on any atom is -0.382 e. The highest BCUT2D eigenvalue weighted by atomic mass is 32.1. The molecule has 0 aliphatic heterocycles. The first kappa shape index (κ1) is 16.2. The molecule has 0 aromatic carbocycles. The van der Waals surface area contributed by atoms with Crippen molar-refractivity contribution >= 4 is 34.1 Å². The predicted octanol–water partition coefficient (Wildman–Crippen LogP) is 0.390. The zero-order chi connectivity index (χ0) is 15.3. The molecule has 0 saturated carbocycles. The quantitative estimate of drug-likeness (QED) is 0.793. The molecule has 0 radical (unpaired) electrons. The summed E-state index contributed by atoms with van der Waals surface area (Å²) in [6.45, 7) is 5.18. The topological polar surface area (TPSA) is 91.6 Å². The van der Waals surface area contributed by atoms with E-state index in [1.165, 1.54) is 16.2 Å². The highest BCUT2D eigenvalue weighted by Crippen LogP contribution is 2.27. The number of aromatic nitrogens is 1. The lowest BCUT2D eigenvalue weighted by Gasteiger charge is -2.14. The smallest absolute Gasteiger partial charge is 0.265 e. The van der Waals surface area contributed by atoms with Gasteiger partial charge in [-0.25, -0.2) is 4.98 Å². The fraction of sp³-hybridized carbons (Fsp3) is 0.583. The number of carbonyl (C=O) groups is 2. The number of nitrogens with zero attached hydrogens (tertiary/aromatic N) is 3. The Morgan fingerprint density at radius 2 is 1.95 bits per heavy atom. The number of nitrogens with two attached hydrogens (primary N) is 1. The molecule has 1 heterocycles. The molecule has 0 atom stereocenters. The van der Waals surface area contributed by atoms with Crippen LogP contribution in [0.1, 0.15) is 23.5 Å². The molecule has 8 heteroatoms. The van der Waals surface area contributed by atoms with Crippen molar-refractivity contribution in [3.63, 3.8) is 0 Å². The molecule has 2 amide bonds. The van der Waals surface area contributed by atoms with Gasteiger partial charge in [0.1, 0.15) is 10.7 Å². The molecule has 0 aliphatic carbocycles. The third-order valence-electron chi connectivity index (χ3n) is 2.95. The molecule has 0 saturated heterocycles. The Morgan fingerprint density at radius 3 is 2.50 bits per heavy atom. The summed E-state index contributed by atoms with van der Waals surface area (Å²) in [6, 6.07) is 0. The summed E-state index contributed by atoms with van der Waals surface area (Å²) in [4.78, 5) is 31.5. The van der Waals surface area contributed by atoms with Crippen molar-refractivity contribution in [3.05, 3.63) is 4.88 Å². The fourth-order valence-corrected chi connectivity index (χ4v) is 2.26. The van der Waals surface area contributed by atoms with Crippen molar-refractivity contribution in [2.75, 3.05) is 44.4 Å². The lowest BCUT2D eigenvalue weighted by molar-refractivity contribution is -0.128. The van der Waals surface area contributed by atoms with E-state index < -0.39 is 0 Å². The van der Waals surface area contributed by atoms with Gasteiger partial charge in [0, 0.05) is 27.2 Å². The monoisotopic (exact) mass is 299 g/mol. The van der Waals surface area contributed by atoms with Crippen LogP contribution in [0.5, 0.6) is 0 Å². The summed E-state index contributed by atoms with van der Waals surface area (Å²) in [7, 11) is 3.56. The van der Waals surface area contributed by atoms with Crippen LogP contribution in [0.2, 0.25) is 0 Å². The van der Waals surface area contributed by atoms with Crippen molar-refractivity contribution in [2.24, 2.45) is 0 Å². The van der Waals surface area contributed by atoms with Crippen LogP contribution in [-0.2, 0) is 4.79 Å². The molecule has 7 nitrogen and oxygen atoms in total. The first-order valence-corrected chi connectivity index (χ1v) is 7.21. The second kappa shape index (κ2) is 7.09. The number of hydrogen-bond acceptors (Lipinski definition) is 6. The van der Waals surface area contributed by atoms with E-state index in [0.717, 1.165) is 6.54 Å². The zero-order valence-corrected chi connectivity index (χ0v) is 13.1. The number of nitrogens with one attached hydrogen (secondary N) is 1. The van der Waals surface area contributed by atoms with Crippen LogP contribution in [-0.4, -0.2) is 55.4 Å². The molecule has 3 N–H and O–H groups in total. The molecule has 0 aliphatic rings. The van der Waals surface area contributed by atoms with Crippen molar-refractivity contribution < 1.29 is 9.59 Å². The largest absolute Gasteiger partial charge is 0.382 e. The first-order valence-electron chi connectivity index (χ1n) is 6.40. The molecule has 0 fully saturated rings. The van der Waals surface area contributed by atoms with Crippen molar-refractivity contribution in [1.82, 2.24) is 15.2 Å². The molecular weight excluding hydrogens is 278 g/mol. The molecule has 0 unspecified atom stereocenters. The lowest BCUT2D eigenvalue weighted by Crippen LogP contribution is -2.37. The van der Waals surface area contributed by atoms with Gasteiger partial charge in [-0.3, -0.25) is 9.59 Å². The average Bonchev–Trinajstić information content (AvgIpc) is 2.84. The molecule has 1 rings (SSSR count). The van der Waals surface area contributed by atoms with Crippen molar-refractivity contribution in [2.45, 2.75) is 13.8 Å². The standard InChI is InChI=1S/C12H21N5O2S/c1-5-16(3)8(18)7-14-11(19)9-10(13)15-12(20-9)17(4)6-2/h5-7,13H2,1-4H3,(H,14,19). The molecule has 0 bridgehead atoms. The van der Waals surface area contributed by atoms with E-state index in [-0.39, 0.29) is 24.2 Å². The normalized spacial score (nSPS) is 10.2. The molecule has 1 aromatic heterocycles. The average molecular weight is 299 g/mol. The second-order valence-corrected chi connectivity index (χ2v) is 5.29. The Labute approximate surface area is 122 Å². The van der Waals surface area contributed by atoms with E-state index in [4.69, 9.17) is 5.73 Å². The molecular formula is C12H21N5O2S. The van der Waals surface area contributed by atoms with E-state index in [1.807, 2.05) is 25.8 Å². The number of hydrogen-bond donors (Lipinski definition) is 2. The summed E-state index contributed by atoms with van der Waals surface area (Å²) in [5.41, 5.74) is 5.74. The SMILES string of the molecule is CCN(C)C(=O)CNC(=O)c1sc(N(C)CC)nc1N. The van der Waals surface area contributed by atoms with Crippen molar-refractivity contribution in [1.29, 1.82) is 0 Å². The third-order valence-corrected chi connectivity index (χ3v) is 4.13. The Kier molecular flexibility index (Phi) is 5.75. The van der Waals surface area contributed by atoms with Gasteiger partial charge in [-0.05, 0) is 13.8 Å². The maximum atomic E-state index is 12.0. The summed E-state index contributed by atoms with van der Waals surface area (Å²) in [5, 5.41) is 3.25. The van der Waals surface area contributed by atoms with Gasteiger partial charge in [-0.2, -0.15) is 0 Å². The summed E-state index contributed by atoms with van der Waals surface area (Å²) < 4.78 is 0. The fourth-order valence-electron chi connectivity index (χ4n) is 1.33. The zero-order valence-electron chi connectivity index (χ0n) is 12.3. The number of thiazole rings is 1. The number of rotatable bonds is 6. The van der Waals surface area contributed by atoms with Gasteiger partial charge >= 0.3 is 0 Å². The number of anilines is 2. The maximum absolute atomic E-state index is 12.0. The molecule has 112 valence electrons. The van der Waals surface area contributed by atoms with E-state index in [0.29, 0.717) is 16.6 Å². The summed E-state index contributed by atoms with van der Waals surface area (Å²) in [6.07, 6.45) is 0. The Bertz CT molecular complexity index is 488. The minimum absolute atomic E-state index is 0.0422. The van der Waals surface area contributed by atoms with Gasteiger partial charge in [-0.15, -0.1) is 0 Å². The van der Waals surface area contributed by atoms with Gasteiger partial charge in [0.2, 0.25) is 5.91 Å². The van der Waals surface area contributed by atoms with Crippen molar-refractivity contribution in [3.8, 4) is 0 Å². The van der Waals surface area contributed by atoms with Gasteiger partial charge in [0.05, 0.1) is 6.54 Å². The molecule has 0 spiro atoms. The molecule has 20 heavy (non-hydrogen) atoms. The summed E-state index contributed by atoms with van der Waals surface area (Å²) >= 11 is 1.22. The second-order valence-electron chi connectivity index (χ2n) is 4.32. The van der Waals surface area contributed by atoms with Crippen LogP contribution in [0.3, 0.4) is 0 Å². The first-order chi connectivity index (χ1) is 9.40. The van der Waals surface area contributed by atoms with Crippen LogP contribution in [0.25, 0.3) is 0 Å². The predicted molar refractivity (Wildman–Crippen MR) is 81.1 cm³/mol. The van der Waals surface area contributed by atoms with Crippen LogP contribution in [0, 0.1) is 0 Å². The summed E-state index contributed by atoms with van der Waals surface area (Å²) in [5.74, 6) is -0.317.